The molecular weight excluding hydrogens is 563 g/mol. The molecule has 3 saturated heterocycles. The van der Waals surface area contributed by atoms with Crippen LogP contribution in [0.4, 0.5) is 11.4 Å². The number of anilines is 2. The third-order valence-electron chi connectivity index (χ3n) is 9.55. The predicted octanol–water partition coefficient (Wildman–Crippen LogP) is 6.59. The fourth-order valence-corrected chi connectivity index (χ4v) is 7.89. The molecule has 3 heterocycles. The summed E-state index contributed by atoms with van der Waals surface area (Å²) in [7, 11) is 0. The molecule has 2 aromatic rings. The van der Waals surface area contributed by atoms with Crippen molar-refractivity contribution in [3.63, 3.8) is 0 Å². The third kappa shape index (κ3) is 5.54. The lowest BCUT2D eigenvalue weighted by Gasteiger charge is -2.41. The highest BCUT2D eigenvalue weighted by Gasteiger charge is 2.56. The molecule has 0 radical (unpaired) electrons. The van der Waals surface area contributed by atoms with Gasteiger partial charge in [0, 0.05) is 60.2 Å². The topological polar surface area (TPSA) is 76.2 Å². The second kappa shape index (κ2) is 11.3. The highest BCUT2D eigenvalue weighted by atomic mass is 35.5. The van der Waals surface area contributed by atoms with Crippen LogP contribution in [0.5, 0.6) is 0 Å². The Morgan fingerprint density at radius 3 is 1.83 bits per heavy atom. The summed E-state index contributed by atoms with van der Waals surface area (Å²) in [6.07, 6.45) is 7.89. The molecule has 0 aromatic heterocycles. The second-order valence-electron chi connectivity index (χ2n) is 12.1. The zero-order valence-electron chi connectivity index (χ0n) is 23.2. The van der Waals surface area contributed by atoms with Crippen molar-refractivity contribution in [2.75, 3.05) is 36.1 Å². The quantitative estimate of drug-likeness (QED) is 0.390. The number of carbonyl (C=O) groups is 3. The number of hydrogen-bond acceptors (Lipinski definition) is 5. The highest BCUT2D eigenvalue weighted by molar-refractivity contribution is 6.31. The molecule has 0 bridgehead atoms. The number of rotatable bonds is 2. The minimum Gasteiger partial charge on any atom is -0.347 e. The smallest absolute Gasteiger partial charge is 0.233 e. The van der Waals surface area contributed by atoms with Crippen LogP contribution in [0.15, 0.2) is 48.5 Å². The fraction of sp³-hybridized carbons (Fsp3) is 0.531. The zero-order chi connectivity index (χ0) is 28.7. The molecule has 218 valence electrons. The first-order valence-electron chi connectivity index (χ1n) is 14.7. The van der Waals surface area contributed by atoms with Crippen LogP contribution < -0.4 is 9.80 Å². The minimum atomic E-state index is -0.516. The van der Waals surface area contributed by atoms with Gasteiger partial charge in [0.15, 0.2) is 5.79 Å². The number of benzene rings is 2. The van der Waals surface area contributed by atoms with E-state index in [4.69, 9.17) is 32.7 Å². The van der Waals surface area contributed by atoms with E-state index in [1.54, 1.807) is 11.0 Å². The van der Waals surface area contributed by atoms with Gasteiger partial charge in [0.2, 0.25) is 11.8 Å². The molecule has 7 nitrogen and oxygen atoms in total. The van der Waals surface area contributed by atoms with Gasteiger partial charge in [-0.25, -0.2) is 0 Å². The number of nitrogens with zero attached hydrogens (tertiary/aromatic N) is 2. The normalized spacial score (nSPS) is 29.1. The first-order valence-corrected chi connectivity index (χ1v) is 15.4. The van der Waals surface area contributed by atoms with Gasteiger partial charge in [-0.15, -0.1) is 0 Å². The standard InChI is InChI=1S/C17H20ClNO3.C15H16ClNO2/c18-13-3-1-4-14(11-13)19-8-7-16(15(19)20)5-2-6-17(12-16)21-9-10-22-17;16-11-3-1-4-12(9-11)17-8-7-15(14(17)19)6-2-5-13(18)10-15/h1,3-4,11H,2,5-10,12H2;1,3-4,9H,2,5-8,10H2. The second-order valence-corrected chi connectivity index (χ2v) is 13.0. The molecule has 2 aromatic carbocycles. The molecule has 5 aliphatic rings. The van der Waals surface area contributed by atoms with Crippen molar-refractivity contribution in [1.82, 2.24) is 0 Å². The van der Waals surface area contributed by atoms with E-state index in [1.165, 1.54) is 0 Å². The van der Waals surface area contributed by atoms with Crippen LogP contribution in [0.2, 0.25) is 10.0 Å². The first kappa shape index (κ1) is 28.7. The van der Waals surface area contributed by atoms with Gasteiger partial charge in [-0.1, -0.05) is 35.3 Å². The number of carbonyl (C=O) groups excluding carboxylic acids is 3. The molecule has 2 aliphatic carbocycles. The van der Waals surface area contributed by atoms with Crippen LogP contribution in [0.3, 0.4) is 0 Å². The van der Waals surface area contributed by atoms with Crippen molar-refractivity contribution >= 4 is 52.2 Å². The molecule has 7 rings (SSSR count). The fourth-order valence-electron chi connectivity index (χ4n) is 7.52. The van der Waals surface area contributed by atoms with Gasteiger partial charge >= 0.3 is 0 Å². The number of ketones is 1. The third-order valence-corrected chi connectivity index (χ3v) is 10.0. The first-order chi connectivity index (χ1) is 19.7. The van der Waals surface area contributed by atoms with Crippen LogP contribution in [0.25, 0.3) is 0 Å². The molecule has 2 unspecified atom stereocenters. The van der Waals surface area contributed by atoms with Gasteiger partial charge in [-0.2, -0.15) is 0 Å². The van der Waals surface area contributed by atoms with Crippen molar-refractivity contribution in [2.24, 2.45) is 10.8 Å². The van der Waals surface area contributed by atoms with Crippen molar-refractivity contribution in [2.45, 2.75) is 70.0 Å². The maximum absolute atomic E-state index is 13.1. The number of halogens is 2. The van der Waals surface area contributed by atoms with Crippen molar-refractivity contribution in [3.8, 4) is 0 Å². The minimum absolute atomic E-state index is 0.0998. The van der Waals surface area contributed by atoms with E-state index in [0.717, 1.165) is 62.9 Å². The molecule has 5 fully saturated rings. The average Bonchev–Trinajstić information content (AvgIpc) is 3.62. The van der Waals surface area contributed by atoms with E-state index >= 15 is 0 Å². The lowest BCUT2D eigenvalue weighted by molar-refractivity contribution is -0.201. The molecule has 2 atom stereocenters. The number of amides is 2. The summed E-state index contributed by atoms with van der Waals surface area (Å²) < 4.78 is 11.7. The summed E-state index contributed by atoms with van der Waals surface area (Å²) >= 11 is 12.0. The van der Waals surface area contributed by atoms with E-state index in [-0.39, 0.29) is 23.0 Å². The van der Waals surface area contributed by atoms with Crippen molar-refractivity contribution in [1.29, 1.82) is 0 Å². The highest BCUT2D eigenvalue weighted by Crippen LogP contribution is 2.52. The molecule has 9 heteroatoms. The molecule has 3 spiro atoms. The average molecular weight is 600 g/mol. The monoisotopic (exact) mass is 598 g/mol. The Morgan fingerprint density at radius 1 is 0.683 bits per heavy atom. The van der Waals surface area contributed by atoms with Crippen LogP contribution in [-0.2, 0) is 23.9 Å². The van der Waals surface area contributed by atoms with Gasteiger partial charge in [0.25, 0.3) is 0 Å². The Morgan fingerprint density at radius 2 is 1.24 bits per heavy atom. The molecule has 0 N–H and O–H groups in total. The summed E-state index contributed by atoms with van der Waals surface area (Å²) in [5.74, 6) is 0.0152. The molecule has 2 amide bonds. The molecular formula is C32H36Cl2N2O5. The van der Waals surface area contributed by atoms with E-state index in [9.17, 15) is 14.4 Å². The number of ether oxygens (including phenoxy) is 2. The zero-order valence-corrected chi connectivity index (χ0v) is 24.7. The SMILES string of the molecule is O=C1CCCC2(CCN(c3cccc(Cl)c3)C2=O)C1.O=C1N(c2cccc(Cl)c2)CCC12CCCC1(C2)OCCO1. The van der Waals surface area contributed by atoms with Gasteiger partial charge in [0.05, 0.1) is 24.0 Å². The van der Waals surface area contributed by atoms with Crippen LogP contribution in [-0.4, -0.2) is 49.7 Å². The summed E-state index contributed by atoms with van der Waals surface area (Å²) in [4.78, 5) is 41.1. The van der Waals surface area contributed by atoms with Gasteiger partial charge < -0.3 is 19.3 Å². The number of Topliss-reactive ketones (excluding diaryl/α,β-unsaturated/α-hetero) is 1. The summed E-state index contributed by atoms with van der Waals surface area (Å²) in [6.45, 7) is 2.71. The van der Waals surface area contributed by atoms with Crippen LogP contribution >= 0.6 is 23.2 Å². The Hall–Kier alpha value is -2.45. The maximum Gasteiger partial charge on any atom is 0.233 e. The van der Waals surface area contributed by atoms with E-state index < -0.39 is 11.2 Å². The lowest BCUT2D eigenvalue weighted by atomic mass is 9.70. The Kier molecular flexibility index (Phi) is 7.92. The van der Waals surface area contributed by atoms with Crippen molar-refractivity contribution < 1.29 is 23.9 Å². The molecule has 3 aliphatic heterocycles. The summed E-state index contributed by atoms with van der Waals surface area (Å²) in [5, 5.41) is 1.29. The Labute approximate surface area is 251 Å². The van der Waals surface area contributed by atoms with E-state index in [1.807, 2.05) is 47.4 Å². The lowest BCUT2D eigenvalue weighted by Crippen LogP contribution is -2.46. The molecule has 2 saturated carbocycles. The predicted molar refractivity (Wildman–Crippen MR) is 158 cm³/mol. The van der Waals surface area contributed by atoms with Gasteiger partial charge in [-0.05, 0) is 74.9 Å². The van der Waals surface area contributed by atoms with Gasteiger partial charge in [0.1, 0.15) is 5.78 Å². The van der Waals surface area contributed by atoms with Crippen LogP contribution in [0, 0.1) is 10.8 Å². The summed E-state index contributed by atoms with van der Waals surface area (Å²) in [5.41, 5.74) is 0.970. The van der Waals surface area contributed by atoms with Crippen molar-refractivity contribution in [3.05, 3.63) is 58.6 Å². The Balaban J connectivity index is 0.000000149. The van der Waals surface area contributed by atoms with Crippen LogP contribution in [0.1, 0.15) is 64.2 Å². The molecule has 41 heavy (non-hydrogen) atoms. The Bertz CT molecular complexity index is 1340. The number of hydrogen-bond donors (Lipinski definition) is 0. The van der Waals surface area contributed by atoms with E-state index in [0.29, 0.717) is 49.1 Å². The maximum atomic E-state index is 13.1. The summed E-state index contributed by atoms with van der Waals surface area (Å²) in [6, 6.07) is 14.9. The van der Waals surface area contributed by atoms with E-state index in [2.05, 4.69) is 0 Å². The van der Waals surface area contributed by atoms with Gasteiger partial charge in [-0.3, -0.25) is 14.4 Å². The largest absolute Gasteiger partial charge is 0.347 e.